The van der Waals surface area contributed by atoms with Gasteiger partial charge in [-0.25, -0.2) is 0 Å². The molecule has 0 spiro atoms. The summed E-state index contributed by atoms with van der Waals surface area (Å²) in [5.41, 5.74) is 1.17. The second kappa shape index (κ2) is 5.10. The Morgan fingerprint density at radius 2 is 2.07 bits per heavy atom. The summed E-state index contributed by atoms with van der Waals surface area (Å²) in [4.78, 5) is 0. The van der Waals surface area contributed by atoms with Crippen LogP contribution in [0.4, 0.5) is 0 Å². The van der Waals surface area contributed by atoms with Crippen LogP contribution in [0.2, 0.25) is 0 Å². The van der Waals surface area contributed by atoms with Crippen LogP contribution in [0.5, 0.6) is 0 Å². The molecule has 0 saturated heterocycles. The smallest absolute Gasteiger partial charge is 0.0717 e. The monoisotopic (exact) mass is 204 g/mol. The van der Waals surface area contributed by atoms with Gasteiger partial charge in [-0.2, -0.15) is 0 Å². The molecule has 0 bridgehead atoms. The van der Waals surface area contributed by atoms with Crippen molar-refractivity contribution < 1.29 is 9.84 Å². The number of aliphatic hydroxyl groups excluding tert-OH is 1. The van der Waals surface area contributed by atoms with E-state index < -0.39 is 0 Å². The third-order valence-electron chi connectivity index (χ3n) is 2.68. The van der Waals surface area contributed by atoms with Gasteiger partial charge in [0, 0.05) is 5.92 Å². The Balaban J connectivity index is 1.73. The number of aliphatic hydroxyl groups is 1. The predicted octanol–water partition coefficient (Wildman–Crippen LogP) is 2.14. The summed E-state index contributed by atoms with van der Waals surface area (Å²) >= 11 is 0. The first-order valence-electron chi connectivity index (χ1n) is 5.32. The van der Waals surface area contributed by atoms with E-state index in [9.17, 15) is 5.11 Å². The number of hydrogen-bond donors (Lipinski definition) is 1. The number of rotatable bonds is 4. The molecule has 0 amide bonds. The highest BCUT2D eigenvalue weighted by atomic mass is 16.5. The van der Waals surface area contributed by atoms with E-state index in [1.165, 1.54) is 5.56 Å². The average Bonchev–Trinajstić information content (AvgIpc) is 2.66. The van der Waals surface area contributed by atoms with Crippen LogP contribution in [0, 0.1) is 5.92 Å². The Kier molecular flexibility index (Phi) is 3.54. The molecule has 1 aliphatic rings. The zero-order valence-electron chi connectivity index (χ0n) is 8.67. The lowest BCUT2D eigenvalue weighted by molar-refractivity contribution is 0.0479. The molecule has 0 saturated carbocycles. The van der Waals surface area contributed by atoms with Gasteiger partial charge in [-0.1, -0.05) is 42.5 Å². The fraction of sp³-hybridized carbons (Fsp3) is 0.385. The largest absolute Gasteiger partial charge is 0.392 e. The third kappa shape index (κ3) is 2.91. The van der Waals surface area contributed by atoms with E-state index in [2.05, 4.69) is 0 Å². The number of ether oxygens (including phenoxy) is 1. The van der Waals surface area contributed by atoms with Crippen molar-refractivity contribution in [2.75, 3.05) is 6.61 Å². The minimum absolute atomic E-state index is 0.175. The fourth-order valence-corrected chi connectivity index (χ4v) is 1.75. The van der Waals surface area contributed by atoms with Gasteiger partial charge in [-0.15, -0.1) is 0 Å². The normalized spacial score (nSPS) is 24.6. The maximum absolute atomic E-state index is 9.54. The van der Waals surface area contributed by atoms with Gasteiger partial charge in [0.1, 0.15) is 0 Å². The van der Waals surface area contributed by atoms with Crippen molar-refractivity contribution >= 4 is 0 Å². The van der Waals surface area contributed by atoms with Crippen LogP contribution in [0.1, 0.15) is 12.0 Å². The minimum atomic E-state index is -0.249. The van der Waals surface area contributed by atoms with Crippen molar-refractivity contribution in [2.24, 2.45) is 5.92 Å². The van der Waals surface area contributed by atoms with Crippen molar-refractivity contribution in [1.29, 1.82) is 0 Å². The van der Waals surface area contributed by atoms with Gasteiger partial charge in [-0.05, 0) is 12.0 Å². The van der Waals surface area contributed by atoms with Crippen LogP contribution >= 0.6 is 0 Å². The first-order chi connectivity index (χ1) is 7.36. The first-order valence-corrected chi connectivity index (χ1v) is 5.32. The Labute approximate surface area is 90.2 Å². The molecular weight excluding hydrogens is 188 g/mol. The van der Waals surface area contributed by atoms with Crippen molar-refractivity contribution in [2.45, 2.75) is 19.1 Å². The standard InChI is InChI=1S/C13H16O2/c14-13-8-4-7-12(13)10-15-9-11-5-2-1-3-6-11/h1-7,12-14H,8-10H2. The molecule has 15 heavy (non-hydrogen) atoms. The molecule has 2 rings (SSSR count). The summed E-state index contributed by atoms with van der Waals surface area (Å²) in [6, 6.07) is 10.1. The summed E-state index contributed by atoms with van der Waals surface area (Å²) in [6.45, 7) is 1.23. The molecular formula is C13H16O2. The predicted molar refractivity (Wildman–Crippen MR) is 59.4 cm³/mol. The molecule has 0 aromatic heterocycles. The van der Waals surface area contributed by atoms with Gasteiger partial charge in [0.05, 0.1) is 19.3 Å². The molecule has 80 valence electrons. The van der Waals surface area contributed by atoms with Crippen LogP contribution in [0.3, 0.4) is 0 Å². The highest BCUT2D eigenvalue weighted by Crippen LogP contribution is 2.18. The maximum Gasteiger partial charge on any atom is 0.0717 e. The SMILES string of the molecule is OC1CC=CC1COCc1ccccc1. The topological polar surface area (TPSA) is 29.5 Å². The van der Waals surface area contributed by atoms with Gasteiger partial charge in [0.15, 0.2) is 0 Å². The van der Waals surface area contributed by atoms with Gasteiger partial charge in [0.2, 0.25) is 0 Å². The van der Waals surface area contributed by atoms with Crippen LogP contribution in [0.15, 0.2) is 42.5 Å². The summed E-state index contributed by atoms with van der Waals surface area (Å²) in [5.74, 6) is 0.175. The first kappa shape index (κ1) is 10.4. The lowest BCUT2D eigenvalue weighted by atomic mass is 10.1. The van der Waals surface area contributed by atoms with Crippen molar-refractivity contribution in [3.63, 3.8) is 0 Å². The van der Waals surface area contributed by atoms with Crippen LogP contribution in [-0.2, 0) is 11.3 Å². The molecule has 1 aromatic carbocycles. The van der Waals surface area contributed by atoms with E-state index in [1.54, 1.807) is 0 Å². The van der Waals surface area contributed by atoms with Crippen LogP contribution in [0.25, 0.3) is 0 Å². The number of hydrogen-bond acceptors (Lipinski definition) is 2. The zero-order valence-corrected chi connectivity index (χ0v) is 8.67. The highest BCUT2D eigenvalue weighted by molar-refractivity contribution is 5.13. The van der Waals surface area contributed by atoms with E-state index in [0.717, 1.165) is 6.42 Å². The van der Waals surface area contributed by atoms with Crippen molar-refractivity contribution in [1.82, 2.24) is 0 Å². The summed E-state index contributed by atoms with van der Waals surface area (Å²) < 4.78 is 5.56. The molecule has 1 aromatic rings. The Hall–Kier alpha value is -1.12. The van der Waals surface area contributed by atoms with E-state index in [4.69, 9.17) is 4.74 Å². The zero-order chi connectivity index (χ0) is 10.5. The van der Waals surface area contributed by atoms with Crippen molar-refractivity contribution in [3.8, 4) is 0 Å². The summed E-state index contributed by atoms with van der Waals surface area (Å²) in [7, 11) is 0. The summed E-state index contributed by atoms with van der Waals surface area (Å²) in [6.07, 6.45) is 4.57. The van der Waals surface area contributed by atoms with E-state index in [0.29, 0.717) is 13.2 Å². The molecule has 0 radical (unpaired) electrons. The van der Waals surface area contributed by atoms with Crippen LogP contribution < -0.4 is 0 Å². The fourth-order valence-electron chi connectivity index (χ4n) is 1.75. The lowest BCUT2D eigenvalue weighted by Gasteiger charge is -2.13. The average molecular weight is 204 g/mol. The Bertz CT molecular complexity index is 319. The second-order valence-corrected chi connectivity index (χ2v) is 3.90. The molecule has 1 N–H and O–H groups in total. The number of benzene rings is 1. The maximum atomic E-state index is 9.54. The Morgan fingerprint density at radius 3 is 2.73 bits per heavy atom. The third-order valence-corrected chi connectivity index (χ3v) is 2.68. The molecule has 2 heteroatoms. The quantitative estimate of drug-likeness (QED) is 0.761. The van der Waals surface area contributed by atoms with Gasteiger partial charge in [-0.3, -0.25) is 0 Å². The molecule has 0 fully saturated rings. The molecule has 2 atom stereocenters. The second-order valence-electron chi connectivity index (χ2n) is 3.90. The van der Waals surface area contributed by atoms with E-state index in [1.807, 2.05) is 42.5 Å². The highest BCUT2D eigenvalue weighted by Gasteiger charge is 2.19. The van der Waals surface area contributed by atoms with Gasteiger partial charge >= 0.3 is 0 Å². The van der Waals surface area contributed by atoms with Gasteiger partial charge < -0.3 is 9.84 Å². The van der Waals surface area contributed by atoms with Crippen LogP contribution in [-0.4, -0.2) is 17.8 Å². The van der Waals surface area contributed by atoms with Crippen molar-refractivity contribution in [3.05, 3.63) is 48.0 Å². The molecule has 2 unspecified atom stereocenters. The molecule has 2 nitrogen and oxygen atoms in total. The molecule has 0 aliphatic heterocycles. The molecule has 1 aliphatic carbocycles. The molecule has 0 heterocycles. The lowest BCUT2D eigenvalue weighted by Crippen LogP contribution is -2.18. The minimum Gasteiger partial charge on any atom is -0.392 e. The Morgan fingerprint density at radius 1 is 1.27 bits per heavy atom. The van der Waals surface area contributed by atoms with Gasteiger partial charge in [0.25, 0.3) is 0 Å². The van der Waals surface area contributed by atoms with E-state index >= 15 is 0 Å². The summed E-state index contributed by atoms with van der Waals surface area (Å²) in [5, 5.41) is 9.54. The van der Waals surface area contributed by atoms with E-state index in [-0.39, 0.29) is 12.0 Å².